The quantitative estimate of drug-likeness (QED) is 0.873. The van der Waals surface area contributed by atoms with Crippen LogP contribution in [0.5, 0.6) is 0 Å². The molecule has 0 aliphatic carbocycles. The fourth-order valence-corrected chi connectivity index (χ4v) is 1.88. The number of hydrogen-bond donors (Lipinski definition) is 2. The molecule has 1 rings (SSSR count). The van der Waals surface area contributed by atoms with Crippen molar-refractivity contribution in [2.75, 3.05) is 13.1 Å². The second-order valence-electron chi connectivity index (χ2n) is 3.83. The zero-order chi connectivity index (χ0) is 15.3. The molecule has 20 heavy (non-hydrogen) atoms. The Morgan fingerprint density at radius 2 is 1.90 bits per heavy atom. The Kier molecular flexibility index (Phi) is 5.55. The first-order valence-corrected chi connectivity index (χ1v) is 6.46. The molecule has 4 nitrogen and oxygen atoms in total. The normalized spacial score (nSPS) is 11.1. The van der Waals surface area contributed by atoms with Gasteiger partial charge in [-0.25, -0.2) is 0 Å². The van der Waals surface area contributed by atoms with Crippen molar-refractivity contribution in [1.29, 1.82) is 0 Å². The number of likely N-dealkylation sites (N-methyl/N-ethyl adjacent to an activating group) is 1. The van der Waals surface area contributed by atoms with E-state index in [0.717, 1.165) is 12.1 Å². The molecule has 0 aromatic heterocycles. The minimum Gasteiger partial charge on any atom is -0.355 e. The zero-order valence-electron chi connectivity index (χ0n) is 10.5. The molecule has 0 spiro atoms. The molecule has 0 saturated carbocycles. The molecular formula is C12H12BrF3N2O2. The van der Waals surface area contributed by atoms with Crippen molar-refractivity contribution >= 4 is 27.7 Å². The highest BCUT2D eigenvalue weighted by Crippen LogP contribution is 2.35. The van der Waals surface area contributed by atoms with Gasteiger partial charge in [0.05, 0.1) is 12.1 Å². The molecule has 0 saturated heterocycles. The molecule has 2 amide bonds. The van der Waals surface area contributed by atoms with Gasteiger partial charge >= 0.3 is 6.18 Å². The molecule has 0 bridgehead atoms. The summed E-state index contributed by atoms with van der Waals surface area (Å²) in [4.78, 5) is 22.8. The highest BCUT2D eigenvalue weighted by molar-refractivity contribution is 9.10. The molecule has 2 N–H and O–H groups in total. The van der Waals surface area contributed by atoms with Gasteiger partial charge < -0.3 is 10.6 Å². The minimum atomic E-state index is -4.56. The lowest BCUT2D eigenvalue weighted by atomic mass is 10.1. The lowest BCUT2D eigenvalue weighted by molar-refractivity contribution is -0.138. The summed E-state index contributed by atoms with van der Waals surface area (Å²) < 4.78 is 37.9. The van der Waals surface area contributed by atoms with E-state index in [1.807, 2.05) is 0 Å². The number of nitrogens with one attached hydrogen (secondary N) is 2. The van der Waals surface area contributed by atoms with Crippen LogP contribution in [0, 0.1) is 0 Å². The van der Waals surface area contributed by atoms with Gasteiger partial charge in [0.25, 0.3) is 5.91 Å². The summed E-state index contributed by atoms with van der Waals surface area (Å²) in [6.45, 7) is 1.83. The van der Waals surface area contributed by atoms with Crippen LogP contribution in [-0.4, -0.2) is 24.9 Å². The molecule has 0 atom stereocenters. The Labute approximate surface area is 121 Å². The standard InChI is InChI=1S/C12H12BrF3N2O2/c1-2-17-10(19)6-18-11(20)7-3-4-9(13)8(5-7)12(14,15)16/h3-5H,2,6H2,1H3,(H,17,19)(H,18,20). The van der Waals surface area contributed by atoms with Crippen LogP contribution in [0.25, 0.3) is 0 Å². The van der Waals surface area contributed by atoms with E-state index in [4.69, 9.17) is 0 Å². The summed E-state index contributed by atoms with van der Waals surface area (Å²) in [6.07, 6.45) is -4.56. The molecule has 1 aromatic carbocycles. The van der Waals surface area contributed by atoms with E-state index in [0.29, 0.717) is 6.54 Å². The first-order valence-electron chi connectivity index (χ1n) is 5.67. The molecule has 110 valence electrons. The van der Waals surface area contributed by atoms with E-state index in [2.05, 4.69) is 26.6 Å². The smallest absolute Gasteiger partial charge is 0.355 e. The molecule has 0 heterocycles. The van der Waals surface area contributed by atoms with Crippen LogP contribution >= 0.6 is 15.9 Å². The fraction of sp³-hybridized carbons (Fsp3) is 0.333. The van der Waals surface area contributed by atoms with Crippen LogP contribution in [-0.2, 0) is 11.0 Å². The third kappa shape index (κ3) is 4.52. The molecule has 0 fully saturated rings. The van der Waals surface area contributed by atoms with Gasteiger partial charge in [0, 0.05) is 16.6 Å². The van der Waals surface area contributed by atoms with Crippen LogP contribution in [0.4, 0.5) is 13.2 Å². The third-order valence-corrected chi connectivity index (χ3v) is 3.01. The zero-order valence-corrected chi connectivity index (χ0v) is 12.1. The predicted molar refractivity (Wildman–Crippen MR) is 70.2 cm³/mol. The van der Waals surface area contributed by atoms with E-state index in [-0.39, 0.29) is 16.6 Å². The summed E-state index contributed by atoms with van der Waals surface area (Å²) in [6, 6.07) is 3.12. The van der Waals surface area contributed by atoms with Crippen molar-refractivity contribution in [1.82, 2.24) is 10.6 Å². The Bertz CT molecular complexity index is 518. The van der Waals surface area contributed by atoms with Gasteiger partial charge in [0.1, 0.15) is 0 Å². The lowest BCUT2D eigenvalue weighted by Crippen LogP contribution is -2.36. The average molecular weight is 353 g/mol. The van der Waals surface area contributed by atoms with Gasteiger partial charge in [0.15, 0.2) is 0 Å². The number of carbonyl (C=O) groups is 2. The Morgan fingerprint density at radius 3 is 2.45 bits per heavy atom. The van der Waals surface area contributed by atoms with Gasteiger partial charge in [-0.1, -0.05) is 15.9 Å². The van der Waals surface area contributed by atoms with E-state index in [1.165, 1.54) is 6.07 Å². The molecule has 1 aromatic rings. The van der Waals surface area contributed by atoms with Crippen molar-refractivity contribution in [2.45, 2.75) is 13.1 Å². The monoisotopic (exact) mass is 352 g/mol. The van der Waals surface area contributed by atoms with Crippen LogP contribution in [0.1, 0.15) is 22.8 Å². The van der Waals surface area contributed by atoms with Crippen molar-refractivity contribution in [2.24, 2.45) is 0 Å². The molecule has 0 aliphatic heterocycles. The van der Waals surface area contributed by atoms with Gasteiger partial charge in [-0.3, -0.25) is 9.59 Å². The summed E-state index contributed by atoms with van der Waals surface area (Å²) in [5.41, 5.74) is -1.10. The predicted octanol–water partition coefficient (Wildman–Crippen LogP) is 2.33. The van der Waals surface area contributed by atoms with E-state index in [9.17, 15) is 22.8 Å². The Hall–Kier alpha value is -1.57. The minimum absolute atomic E-state index is 0.148. The summed E-state index contributed by atoms with van der Waals surface area (Å²) in [5, 5.41) is 4.70. The highest BCUT2D eigenvalue weighted by Gasteiger charge is 2.33. The lowest BCUT2D eigenvalue weighted by Gasteiger charge is -2.11. The van der Waals surface area contributed by atoms with Crippen molar-refractivity contribution in [3.8, 4) is 0 Å². The number of carbonyl (C=O) groups excluding carboxylic acids is 2. The van der Waals surface area contributed by atoms with Crippen molar-refractivity contribution in [3.05, 3.63) is 33.8 Å². The number of hydrogen-bond acceptors (Lipinski definition) is 2. The Balaban J connectivity index is 2.82. The molecular weight excluding hydrogens is 341 g/mol. The Morgan fingerprint density at radius 1 is 1.25 bits per heavy atom. The maximum Gasteiger partial charge on any atom is 0.417 e. The summed E-state index contributed by atoms with van der Waals surface area (Å²) in [5.74, 6) is -1.15. The topological polar surface area (TPSA) is 58.2 Å². The first kappa shape index (κ1) is 16.5. The van der Waals surface area contributed by atoms with Crippen LogP contribution in [0.3, 0.4) is 0 Å². The average Bonchev–Trinajstić information content (AvgIpc) is 2.35. The first-order chi connectivity index (χ1) is 9.25. The van der Waals surface area contributed by atoms with Crippen LogP contribution in [0.15, 0.2) is 22.7 Å². The fourth-order valence-electron chi connectivity index (χ4n) is 1.41. The second kappa shape index (κ2) is 6.74. The molecule has 0 unspecified atom stereocenters. The largest absolute Gasteiger partial charge is 0.417 e. The van der Waals surface area contributed by atoms with E-state index >= 15 is 0 Å². The van der Waals surface area contributed by atoms with Gasteiger partial charge in [0.2, 0.25) is 5.91 Å². The van der Waals surface area contributed by atoms with E-state index in [1.54, 1.807) is 6.92 Å². The summed E-state index contributed by atoms with van der Waals surface area (Å²) in [7, 11) is 0. The van der Waals surface area contributed by atoms with Gasteiger partial charge in [-0.05, 0) is 25.1 Å². The maximum atomic E-state index is 12.7. The molecule has 8 heteroatoms. The molecule has 0 aliphatic rings. The van der Waals surface area contributed by atoms with Crippen molar-refractivity contribution < 1.29 is 22.8 Å². The van der Waals surface area contributed by atoms with Gasteiger partial charge in [-0.2, -0.15) is 13.2 Å². The number of benzene rings is 1. The van der Waals surface area contributed by atoms with Gasteiger partial charge in [-0.15, -0.1) is 0 Å². The summed E-state index contributed by atoms with van der Waals surface area (Å²) >= 11 is 2.78. The van der Waals surface area contributed by atoms with Crippen molar-refractivity contribution in [3.63, 3.8) is 0 Å². The molecule has 0 radical (unpaired) electrons. The highest BCUT2D eigenvalue weighted by atomic mass is 79.9. The van der Waals surface area contributed by atoms with Crippen LogP contribution in [0.2, 0.25) is 0 Å². The number of alkyl halides is 3. The second-order valence-corrected chi connectivity index (χ2v) is 4.68. The number of rotatable bonds is 4. The maximum absolute atomic E-state index is 12.7. The van der Waals surface area contributed by atoms with E-state index < -0.39 is 23.6 Å². The third-order valence-electron chi connectivity index (χ3n) is 2.32. The number of halogens is 4. The SMILES string of the molecule is CCNC(=O)CNC(=O)c1ccc(Br)c(C(F)(F)F)c1. The number of amides is 2. The van der Waals surface area contributed by atoms with Crippen LogP contribution < -0.4 is 10.6 Å².